The van der Waals surface area contributed by atoms with Crippen LogP contribution in [0.4, 0.5) is 5.13 Å². The molecule has 5 N–H and O–H groups in total. The van der Waals surface area contributed by atoms with E-state index in [1.165, 1.54) is 36.6 Å². The number of carboxylic acids is 1. The number of amides is 2. The Balaban J connectivity index is 1.49. The van der Waals surface area contributed by atoms with E-state index in [1.807, 2.05) is 0 Å². The SMILES string of the molecule is CC(=O)OCC1=C(C(=O)O)N2C(=O)[C@@H](NC(=O)/C(=N\OCc3cnc[nH]3)c3csc(N)n3)[C@H]2SC1. The van der Waals surface area contributed by atoms with Crippen LogP contribution in [0.2, 0.25) is 0 Å². The Morgan fingerprint density at radius 3 is 2.83 bits per heavy atom. The van der Waals surface area contributed by atoms with E-state index in [0.717, 1.165) is 16.2 Å². The van der Waals surface area contributed by atoms with Gasteiger partial charge in [-0.25, -0.2) is 14.8 Å². The quantitative estimate of drug-likeness (QED) is 0.146. The number of aliphatic carboxylic acids is 1. The van der Waals surface area contributed by atoms with Gasteiger partial charge >= 0.3 is 11.9 Å². The van der Waals surface area contributed by atoms with Crippen molar-refractivity contribution in [2.75, 3.05) is 18.1 Å². The molecule has 0 spiro atoms. The van der Waals surface area contributed by atoms with Crippen LogP contribution in [0.1, 0.15) is 18.3 Å². The first-order chi connectivity index (χ1) is 16.8. The number of aromatic amines is 1. The van der Waals surface area contributed by atoms with Gasteiger partial charge in [-0.3, -0.25) is 19.3 Å². The first kappa shape index (κ1) is 24.2. The van der Waals surface area contributed by atoms with Gasteiger partial charge in [-0.2, -0.15) is 0 Å². The second kappa shape index (κ2) is 10.1. The van der Waals surface area contributed by atoms with E-state index in [1.54, 1.807) is 0 Å². The molecule has 1 saturated heterocycles. The number of imidazole rings is 1. The smallest absolute Gasteiger partial charge is 0.352 e. The molecule has 0 aromatic carbocycles. The van der Waals surface area contributed by atoms with Crippen LogP contribution < -0.4 is 11.1 Å². The Bertz CT molecular complexity index is 1220. The van der Waals surface area contributed by atoms with Gasteiger partial charge in [-0.15, -0.1) is 23.1 Å². The fourth-order valence-corrected chi connectivity index (χ4v) is 5.20. The zero-order valence-electron chi connectivity index (χ0n) is 18.1. The summed E-state index contributed by atoms with van der Waals surface area (Å²) in [4.78, 5) is 65.9. The zero-order chi connectivity index (χ0) is 25.1. The van der Waals surface area contributed by atoms with Crippen molar-refractivity contribution in [2.24, 2.45) is 5.16 Å². The summed E-state index contributed by atoms with van der Waals surface area (Å²) in [5.74, 6) is -3.07. The lowest BCUT2D eigenvalue weighted by molar-refractivity contribution is -0.150. The van der Waals surface area contributed by atoms with Crippen molar-refractivity contribution in [3.05, 3.63) is 40.6 Å². The number of β-lactam (4-membered cyclic amide) rings is 1. The number of carbonyl (C=O) groups excluding carboxylic acids is 3. The molecule has 2 atom stereocenters. The van der Waals surface area contributed by atoms with Crippen LogP contribution in [0.15, 0.2) is 34.3 Å². The fourth-order valence-electron chi connectivity index (χ4n) is 3.32. The third-order valence-electron chi connectivity index (χ3n) is 4.90. The number of rotatable bonds is 9. The van der Waals surface area contributed by atoms with Crippen molar-refractivity contribution in [1.82, 2.24) is 25.2 Å². The number of carbonyl (C=O) groups is 4. The molecule has 184 valence electrons. The van der Waals surface area contributed by atoms with Crippen molar-refractivity contribution in [3.63, 3.8) is 0 Å². The summed E-state index contributed by atoms with van der Waals surface area (Å²) < 4.78 is 4.91. The summed E-state index contributed by atoms with van der Waals surface area (Å²) in [5, 5.41) is 17.2. The Hall–Kier alpha value is -3.92. The molecule has 16 heteroatoms. The molecule has 0 aliphatic carbocycles. The van der Waals surface area contributed by atoms with Gasteiger partial charge in [0.15, 0.2) is 17.5 Å². The van der Waals surface area contributed by atoms with Crippen LogP contribution in [0.25, 0.3) is 0 Å². The molecular formula is C19H19N7O7S2. The van der Waals surface area contributed by atoms with E-state index in [4.69, 9.17) is 15.3 Å². The minimum atomic E-state index is -1.33. The van der Waals surface area contributed by atoms with Crippen molar-refractivity contribution in [1.29, 1.82) is 0 Å². The number of thioether (sulfide) groups is 1. The van der Waals surface area contributed by atoms with Crippen LogP contribution in [0, 0.1) is 0 Å². The number of oxime groups is 1. The standard InChI is InChI=1S/C19H19N7O7S2/c1-8(27)32-3-9-5-34-17-13(16(29)26(17)14(9)18(30)31)24-15(28)12(11-6-35-19(20)23-11)25-33-4-10-2-21-7-22-10/h2,6-7,13,17H,3-5H2,1H3,(H2,20,23)(H,21,22)(H,24,28)(H,30,31)/b25-12-/t13-,17-/m1/s1. The van der Waals surface area contributed by atoms with Crippen molar-refractivity contribution in [3.8, 4) is 0 Å². The second-order valence-corrected chi connectivity index (χ2v) is 9.25. The summed E-state index contributed by atoms with van der Waals surface area (Å²) >= 11 is 2.33. The molecule has 4 heterocycles. The van der Waals surface area contributed by atoms with Gasteiger partial charge < -0.3 is 30.7 Å². The van der Waals surface area contributed by atoms with Crippen LogP contribution in [-0.2, 0) is 35.4 Å². The number of nitrogens with one attached hydrogen (secondary N) is 2. The van der Waals surface area contributed by atoms with Gasteiger partial charge in [0.25, 0.3) is 11.8 Å². The minimum absolute atomic E-state index is 0.00287. The number of hydrogen-bond donors (Lipinski definition) is 4. The summed E-state index contributed by atoms with van der Waals surface area (Å²) in [5.41, 5.74) is 6.29. The monoisotopic (exact) mass is 521 g/mol. The number of nitrogens with two attached hydrogens (primary N) is 1. The Kier molecular flexibility index (Phi) is 7.02. The summed E-state index contributed by atoms with van der Waals surface area (Å²) in [6.45, 7) is 0.962. The molecule has 2 aliphatic heterocycles. The number of anilines is 1. The van der Waals surface area contributed by atoms with Gasteiger partial charge in [0, 0.05) is 23.6 Å². The van der Waals surface area contributed by atoms with Crippen LogP contribution >= 0.6 is 23.1 Å². The van der Waals surface area contributed by atoms with E-state index in [9.17, 15) is 24.3 Å². The highest BCUT2D eigenvalue weighted by molar-refractivity contribution is 8.00. The third kappa shape index (κ3) is 5.12. The number of H-pyrrole nitrogens is 1. The largest absolute Gasteiger partial charge is 0.477 e. The van der Waals surface area contributed by atoms with Gasteiger partial charge in [-0.05, 0) is 0 Å². The average Bonchev–Trinajstić information content (AvgIpc) is 3.49. The number of aromatic nitrogens is 3. The zero-order valence-corrected chi connectivity index (χ0v) is 19.7. The minimum Gasteiger partial charge on any atom is -0.477 e. The molecule has 0 bridgehead atoms. The molecule has 2 amide bonds. The maximum atomic E-state index is 13.0. The number of hydrogen-bond acceptors (Lipinski definition) is 12. The first-order valence-corrected chi connectivity index (χ1v) is 11.9. The summed E-state index contributed by atoms with van der Waals surface area (Å²) in [7, 11) is 0. The lowest BCUT2D eigenvalue weighted by Gasteiger charge is -2.49. The molecule has 4 rings (SSSR count). The predicted molar refractivity (Wildman–Crippen MR) is 123 cm³/mol. The topological polar surface area (TPSA) is 202 Å². The Morgan fingerprint density at radius 2 is 2.20 bits per heavy atom. The third-order valence-corrected chi connectivity index (χ3v) is 6.91. The van der Waals surface area contributed by atoms with Crippen molar-refractivity contribution < 1.29 is 33.9 Å². The van der Waals surface area contributed by atoms with Crippen LogP contribution in [-0.4, -0.2) is 78.2 Å². The molecule has 1 fully saturated rings. The highest BCUT2D eigenvalue weighted by atomic mass is 32.2. The maximum Gasteiger partial charge on any atom is 0.352 e. The van der Waals surface area contributed by atoms with E-state index < -0.39 is 35.2 Å². The molecule has 2 aliphatic rings. The van der Waals surface area contributed by atoms with E-state index in [2.05, 4.69) is 25.4 Å². The lowest BCUT2D eigenvalue weighted by Crippen LogP contribution is -2.71. The number of fused-ring (bicyclic) bond motifs is 1. The molecule has 2 aromatic rings. The van der Waals surface area contributed by atoms with E-state index >= 15 is 0 Å². The Morgan fingerprint density at radius 1 is 1.40 bits per heavy atom. The first-order valence-electron chi connectivity index (χ1n) is 9.99. The van der Waals surface area contributed by atoms with E-state index in [0.29, 0.717) is 11.3 Å². The highest BCUT2D eigenvalue weighted by Crippen LogP contribution is 2.40. The summed E-state index contributed by atoms with van der Waals surface area (Å²) in [6, 6.07) is -1.01. The van der Waals surface area contributed by atoms with Gasteiger partial charge in [0.2, 0.25) is 0 Å². The van der Waals surface area contributed by atoms with Crippen LogP contribution in [0.5, 0.6) is 0 Å². The number of nitrogen functional groups attached to an aromatic ring is 1. The van der Waals surface area contributed by atoms with Crippen molar-refractivity contribution >= 4 is 57.7 Å². The fraction of sp³-hybridized carbons (Fsp3) is 0.316. The maximum absolute atomic E-state index is 13.0. The number of ether oxygens (including phenoxy) is 1. The molecular weight excluding hydrogens is 502 g/mol. The van der Waals surface area contributed by atoms with E-state index in [-0.39, 0.29) is 41.2 Å². The van der Waals surface area contributed by atoms with Crippen LogP contribution in [0.3, 0.4) is 0 Å². The average molecular weight is 522 g/mol. The lowest BCUT2D eigenvalue weighted by atomic mass is 10.0. The molecule has 14 nitrogen and oxygen atoms in total. The second-order valence-electron chi connectivity index (χ2n) is 7.26. The van der Waals surface area contributed by atoms with Gasteiger partial charge in [-0.1, -0.05) is 5.16 Å². The number of carboxylic acid groups (broad SMARTS) is 1. The Labute approximate surface area is 205 Å². The predicted octanol–water partition coefficient (Wildman–Crippen LogP) is -0.329. The number of thiazole rings is 1. The number of nitrogens with zero attached hydrogens (tertiary/aromatic N) is 4. The molecule has 0 unspecified atom stereocenters. The summed E-state index contributed by atoms with van der Waals surface area (Å²) in [6.07, 6.45) is 2.99. The van der Waals surface area contributed by atoms with Crippen molar-refractivity contribution in [2.45, 2.75) is 24.9 Å². The highest BCUT2D eigenvalue weighted by Gasteiger charge is 2.54. The molecule has 0 radical (unpaired) electrons. The molecule has 2 aromatic heterocycles. The van der Waals surface area contributed by atoms with Gasteiger partial charge in [0.05, 0.1) is 18.2 Å². The molecule has 35 heavy (non-hydrogen) atoms. The number of esters is 1. The normalized spacial score (nSPS) is 19.6. The molecule has 0 saturated carbocycles. The van der Waals surface area contributed by atoms with Gasteiger partial charge in [0.1, 0.15) is 29.4 Å².